The number of rotatable bonds is 10. The summed E-state index contributed by atoms with van der Waals surface area (Å²) in [5.74, 6) is 1.28. The minimum absolute atomic E-state index is 0.384. The number of aryl methyl sites for hydroxylation is 1. The molecule has 0 unspecified atom stereocenters. The molecule has 1 aliphatic heterocycles. The number of imidazole rings is 1. The number of nitrogens with zero attached hydrogens (tertiary/aromatic N) is 6. The lowest BCUT2D eigenvalue weighted by Gasteiger charge is -2.28. The number of hydrogen-bond donors (Lipinski definition) is 1. The zero-order valence-electron chi connectivity index (χ0n) is 24.1. The molecule has 0 spiro atoms. The van der Waals surface area contributed by atoms with E-state index in [1.54, 1.807) is 24.3 Å². The summed E-state index contributed by atoms with van der Waals surface area (Å²) in [6.45, 7) is 6.69. The maximum atomic E-state index is 11.9. The normalized spacial score (nSPS) is 13.8. The second-order valence-corrected chi connectivity index (χ2v) is 10.1. The third-order valence-corrected chi connectivity index (χ3v) is 7.14. The second-order valence-electron chi connectivity index (χ2n) is 10.1. The fourth-order valence-electron chi connectivity index (χ4n) is 5.00. The first-order valence-corrected chi connectivity index (χ1v) is 13.9. The van der Waals surface area contributed by atoms with Crippen molar-refractivity contribution < 1.29 is 19.1 Å². The molecule has 5 rings (SSSR count). The highest BCUT2D eigenvalue weighted by Gasteiger charge is 2.24. The van der Waals surface area contributed by atoms with E-state index in [1.165, 1.54) is 13.2 Å². The summed E-state index contributed by atoms with van der Waals surface area (Å²) in [4.78, 5) is 42.6. The van der Waals surface area contributed by atoms with Crippen molar-refractivity contribution in [3.8, 4) is 11.4 Å². The second kappa shape index (κ2) is 12.9. The molecule has 2 aromatic carbocycles. The number of carbonyl (C=O) groups is 2. The number of esters is 1. The van der Waals surface area contributed by atoms with Crippen LogP contribution >= 0.6 is 0 Å². The van der Waals surface area contributed by atoms with Gasteiger partial charge in [0.1, 0.15) is 5.82 Å². The van der Waals surface area contributed by atoms with Crippen LogP contribution in [0.5, 0.6) is 0 Å². The highest BCUT2D eigenvalue weighted by atomic mass is 16.5. The van der Waals surface area contributed by atoms with Crippen LogP contribution in [0.2, 0.25) is 0 Å². The SMILES string of the molecule is CCn1c(CN(C)Cc2ccc(/C=C/C(=O)OC)cc2)nc2c(N3CCOCC3)nc(-c3cccc(C(N)=O)c3)nc21. The maximum Gasteiger partial charge on any atom is 0.330 e. The van der Waals surface area contributed by atoms with Gasteiger partial charge in [-0.05, 0) is 43.3 Å². The minimum Gasteiger partial charge on any atom is -0.466 e. The van der Waals surface area contributed by atoms with E-state index in [0.29, 0.717) is 57.3 Å². The molecule has 1 amide bonds. The highest BCUT2D eigenvalue weighted by Crippen LogP contribution is 2.29. The Hall–Kier alpha value is -4.61. The van der Waals surface area contributed by atoms with Gasteiger partial charge >= 0.3 is 5.97 Å². The van der Waals surface area contributed by atoms with Crippen LogP contribution in [0.1, 0.15) is 34.2 Å². The van der Waals surface area contributed by atoms with Crippen LogP contribution < -0.4 is 10.6 Å². The largest absolute Gasteiger partial charge is 0.466 e. The summed E-state index contributed by atoms with van der Waals surface area (Å²) in [7, 11) is 3.41. The number of methoxy groups -OCH3 is 1. The van der Waals surface area contributed by atoms with Crippen molar-refractivity contribution in [2.24, 2.45) is 5.73 Å². The quantitative estimate of drug-likeness (QED) is 0.226. The van der Waals surface area contributed by atoms with E-state index < -0.39 is 5.91 Å². The number of morpholine rings is 1. The first-order chi connectivity index (χ1) is 20.4. The van der Waals surface area contributed by atoms with Gasteiger partial charge in [0.15, 0.2) is 22.8 Å². The summed E-state index contributed by atoms with van der Waals surface area (Å²) < 4.78 is 12.4. The van der Waals surface area contributed by atoms with Gasteiger partial charge < -0.3 is 24.7 Å². The Morgan fingerprint density at radius 3 is 2.52 bits per heavy atom. The van der Waals surface area contributed by atoms with Crippen LogP contribution in [-0.4, -0.2) is 76.8 Å². The molecule has 4 aromatic rings. The van der Waals surface area contributed by atoms with Crippen molar-refractivity contribution in [1.29, 1.82) is 0 Å². The van der Waals surface area contributed by atoms with Gasteiger partial charge in [-0.25, -0.2) is 19.7 Å². The zero-order chi connectivity index (χ0) is 29.6. The number of aromatic nitrogens is 4. The van der Waals surface area contributed by atoms with Crippen molar-refractivity contribution >= 4 is 34.9 Å². The fourth-order valence-corrected chi connectivity index (χ4v) is 5.00. The lowest BCUT2D eigenvalue weighted by atomic mass is 10.1. The van der Waals surface area contributed by atoms with Gasteiger partial charge in [0.25, 0.3) is 0 Å². The molecule has 0 bridgehead atoms. The first kappa shape index (κ1) is 28.9. The van der Waals surface area contributed by atoms with Gasteiger partial charge in [0, 0.05) is 43.4 Å². The molecule has 3 heterocycles. The van der Waals surface area contributed by atoms with Gasteiger partial charge in [-0.2, -0.15) is 0 Å². The molecular weight excluding hydrogens is 534 g/mol. The molecule has 218 valence electrons. The number of nitrogens with two attached hydrogens (primary N) is 1. The lowest BCUT2D eigenvalue weighted by Crippen LogP contribution is -2.37. The Balaban J connectivity index is 1.46. The number of primary amides is 1. The molecule has 0 saturated carbocycles. The van der Waals surface area contributed by atoms with Gasteiger partial charge in [0.05, 0.1) is 26.9 Å². The van der Waals surface area contributed by atoms with E-state index in [-0.39, 0.29) is 5.97 Å². The molecule has 11 nitrogen and oxygen atoms in total. The van der Waals surface area contributed by atoms with Gasteiger partial charge in [-0.1, -0.05) is 36.4 Å². The molecule has 42 heavy (non-hydrogen) atoms. The van der Waals surface area contributed by atoms with E-state index in [4.69, 9.17) is 25.4 Å². The van der Waals surface area contributed by atoms with E-state index in [9.17, 15) is 9.59 Å². The van der Waals surface area contributed by atoms with Gasteiger partial charge in [-0.15, -0.1) is 0 Å². The zero-order valence-corrected chi connectivity index (χ0v) is 24.1. The highest BCUT2D eigenvalue weighted by molar-refractivity contribution is 5.94. The molecule has 0 aliphatic carbocycles. The lowest BCUT2D eigenvalue weighted by molar-refractivity contribution is -0.134. The summed E-state index contributed by atoms with van der Waals surface area (Å²) in [5.41, 5.74) is 10.2. The molecular formula is C31H35N7O4. The Kier molecular flexibility index (Phi) is 8.89. The number of amides is 1. The van der Waals surface area contributed by atoms with Crippen LogP contribution in [0.3, 0.4) is 0 Å². The van der Waals surface area contributed by atoms with E-state index >= 15 is 0 Å². The molecule has 0 radical (unpaired) electrons. The van der Waals surface area contributed by atoms with Crippen molar-refractivity contribution in [1.82, 2.24) is 24.4 Å². The van der Waals surface area contributed by atoms with E-state index in [1.807, 2.05) is 30.3 Å². The Morgan fingerprint density at radius 2 is 1.83 bits per heavy atom. The summed E-state index contributed by atoms with van der Waals surface area (Å²) >= 11 is 0. The van der Waals surface area contributed by atoms with Crippen molar-refractivity contribution in [2.45, 2.75) is 26.6 Å². The van der Waals surface area contributed by atoms with Gasteiger partial charge in [0.2, 0.25) is 5.91 Å². The number of benzene rings is 2. The summed E-state index contributed by atoms with van der Waals surface area (Å²) in [5, 5.41) is 0. The molecule has 1 aliphatic rings. The predicted molar refractivity (Wildman–Crippen MR) is 161 cm³/mol. The van der Waals surface area contributed by atoms with Crippen LogP contribution in [0.25, 0.3) is 28.6 Å². The van der Waals surface area contributed by atoms with E-state index in [0.717, 1.165) is 39.5 Å². The van der Waals surface area contributed by atoms with Crippen LogP contribution in [0.15, 0.2) is 54.6 Å². The average Bonchev–Trinajstić information content (AvgIpc) is 3.37. The number of anilines is 1. The Labute approximate surface area is 244 Å². The van der Waals surface area contributed by atoms with Crippen LogP contribution in [-0.2, 0) is 33.9 Å². The smallest absolute Gasteiger partial charge is 0.330 e. The number of fused-ring (bicyclic) bond motifs is 1. The van der Waals surface area contributed by atoms with Crippen LogP contribution in [0.4, 0.5) is 5.82 Å². The number of carbonyl (C=O) groups excluding carboxylic acids is 2. The molecule has 1 fully saturated rings. The van der Waals surface area contributed by atoms with Crippen molar-refractivity contribution in [3.05, 3.63) is 77.1 Å². The molecule has 2 N–H and O–H groups in total. The van der Waals surface area contributed by atoms with Gasteiger partial charge in [-0.3, -0.25) is 9.69 Å². The first-order valence-electron chi connectivity index (χ1n) is 13.9. The average molecular weight is 570 g/mol. The van der Waals surface area contributed by atoms with Crippen molar-refractivity contribution in [3.63, 3.8) is 0 Å². The fraction of sp³-hybridized carbons (Fsp3) is 0.323. The predicted octanol–water partition coefficient (Wildman–Crippen LogP) is 3.27. The third kappa shape index (κ3) is 6.48. The molecule has 11 heteroatoms. The number of ether oxygens (including phenoxy) is 2. The molecule has 2 aromatic heterocycles. The number of hydrogen-bond acceptors (Lipinski definition) is 9. The Morgan fingerprint density at radius 1 is 1.07 bits per heavy atom. The van der Waals surface area contributed by atoms with Crippen molar-refractivity contribution in [2.75, 3.05) is 45.4 Å². The summed E-state index contributed by atoms with van der Waals surface area (Å²) in [6.07, 6.45) is 3.14. The molecule has 1 saturated heterocycles. The summed E-state index contributed by atoms with van der Waals surface area (Å²) in [6, 6.07) is 15.1. The minimum atomic E-state index is -0.498. The topological polar surface area (TPSA) is 129 Å². The standard InChI is InChI=1S/C31H35N7O4/c1-4-38-25(20-36(2)19-22-10-8-21(9-11-22)12-13-26(39)41-3)33-27-30(37-14-16-42-17-15-37)34-29(35-31(27)38)24-7-5-6-23(18-24)28(32)40/h5-13,18H,4,14-17,19-20H2,1-3H3,(H2,32,40)/b13-12+. The van der Waals surface area contributed by atoms with Crippen LogP contribution in [0, 0.1) is 0 Å². The molecule has 0 atom stereocenters. The maximum absolute atomic E-state index is 11.9. The third-order valence-electron chi connectivity index (χ3n) is 7.14. The Bertz CT molecular complexity index is 1610. The van der Waals surface area contributed by atoms with E-state index in [2.05, 4.69) is 33.1 Å². The monoisotopic (exact) mass is 569 g/mol.